The Morgan fingerprint density at radius 3 is 2.07 bits per heavy atom. The van der Waals surface area contributed by atoms with Crippen LogP contribution in [0, 0.1) is 5.92 Å². The Morgan fingerprint density at radius 1 is 0.967 bits per heavy atom. The average molecular weight is 432 g/mol. The Kier molecular flexibility index (Phi) is 8.14. The Labute approximate surface area is 178 Å². The summed E-state index contributed by atoms with van der Waals surface area (Å²) in [7, 11) is -3.70. The molecule has 0 bridgehead atoms. The summed E-state index contributed by atoms with van der Waals surface area (Å²) in [4.78, 5) is 23.5. The summed E-state index contributed by atoms with van der Waals surface area (Å²) in [6.45, 7) is 7.65. The lowest BCUT2D eigenvalue weighted by Crippen LogP contribution is -2.38. The maximum Gasteiger partial charge on any atom is 0.251 e. The molecule has 1 atom stereocenters. The molecule has 0 spiro atoms. The molecule has 1 unspecified atom stereocenters. The molecule has 0 radical (unpaired) electrons. The van der Waals surface area contributed by atoms with Gasteiger partial charge in [0, 0.05) is 30.8 Å². The second-order valence-corrected chi connectivity index (χ2v) is 9.23. The van der Waals surface area contributed by atoms with Crippen LogP contribution in [0.4, 0.5) is 5.69 Å². The Balaban J connectivity index is 1.98. The van der Waals surface area contributed by atoms with Gasteiger partial charge in [-0.05, 0) is 54.3 Å². The summed E-state index contributed by atoms with van der Waals surface area (Å²) in [5.74, 6) is -0.0165. The molecule has 0 aromatic heterocycles. The number of amides is 2. The number of rotatable bonds is 9. The molecule has 0 aliphatic rings. The zero-order valence-electron chi connectivity index (χ0n) is 17.7. The van der Waals surface area contributed by atoms with Gasteiger partial charge in [0.1, 0.15) is 0 Å². The van der Waals surface area contributed by atoms with Crippen LogP contribution >= 0.6 is 0 Å². The third kappa shape index (κ3) is 6.67. The highest BCUT2D eigenvalue weighted by molar-refractivity contribution is 7.89. The molecule has 0 aliphatic heterocycles. The highest BCUT2D eigenvalue weighted by Gasteiger charge is 2.16. The SMILES string of the molecule is CCC(NC(=O)c1ccc(CNS(=O)(=O)c2ccc(NC(C)=O)cc2)cc1)C(C)C. The molecule has 0 saturated carbocycles. The van der Waals surface area contributed by atoms with E-state index in [2.05, 4.69) is 29.2 Å². The number of sulfonamides is 1. The third-order valence-corrected chi connectivity index (χ3v) is 6.15. The minimum absolute atomic E-state index is 0.0985. The number of benzene rings is 2. The number of carbonyl (C=O) groups is 2. The van der Waals surface area contributed by atoms with Crippen LogP contribution in [0.2, 0.25) is 0 Å². The van der Waals surface area contributed by atoms with E-state index in [0.29, 0.717) is 17.2 Å². The average Bonchev–Trinajstić information content (AvgIpc) is 2.70. The smallest absolute Gasteiger partial charge is 0.251 e. The van der Waals surface area contributed by atoms with Gasteiger partial charge in [-0.25, -0.2) is 13.1 Å². The van der Waals surface area contributed by atoms with Crippen molar-refractivity contribution >= 4 is 27.5 Å². The fraction of sp³-hybridized carbons (Fsp3) is 0.364. The van der Waals surface area contributed by atoms with Gasteiger partial charge in [-0.1, -0.05) is 32.9 Å². The van der Waals surface area contributed by atoms with Gasteiger partial charge < -0.3 is 10.6 Å². The lowest BCUT2D eigenvalue weighted by atomic mass is 10.0. The number of hydrogen-bond donors (Lipinski definition) is 3. The van der Waals surface area contributed by atoms with Crippen LogP contribution in [0.25, 0.3) is 0 Å². The van der Waals surface area contributed by atoms with Gasteiger partial charge in [0.2, 0.25) is 15.9 Å². The summed E-state index contributed by atoms with van der Waals surface area (Å²) in [6.07, 6.45) is 0.856. The molecule has 3 N–H and O–H groups in total. The Hall–Kier alpha value is -2.71. The van der Waals surface area contributed by atoms with E-state index in [-0.39, 0.29) is 29.3 Å². The van der Waals surface area contributed by atoms with Gasteiger partial charge >= 0.3 is 0 Å². The zero-order chi connectivity index (χ0) is 22.3. The van der Waals surface area contributed by atoms with Crippen molar-refractivity contribution in [3.05, 3.63) is 59.7 Å². The Bertz CT molecular complexity index is 968. The summed E-state index contributed by atoms with van der Waals surface area (Å²) in [5.41, 5.74) is 1.80. The van der Waals surface area contributed by atoms with Crippen LogP contribution in [0.1, 0.15) is 50.0 Å². The molecule has 162 valence electrons. The number of carbonyl (C=O) groups excluding carboxylic acids is 2. The fourth-order valence-corrected chi connectivity index (χ4v) is 3.97. The van der Waals surface area contributed by atoms with Gasteiger partial charge in [-0.3, -0.25) is 9.59 Å². The van der Waals surface area contributed by atoms with E-state index >= 15 is 0 Å². The highest BCUT2D eigenvalue weighted by Crippen LogP contribution is 2.15. The largest absolute Gasteiger partial charge is 0.349 e. The van der Waals surface area contributed by atoms with Crippen molar-refractivity contribution in [2.45, 2.75) is 51.6 Å². The van der Waals surface area contributed by atoms with E-state index in [1.807, 2.05) is 6.92 Å². The van der Waals surface area contributed by atoms with Crippen LogP contribution in [0.5, 0.6) is 0 Å². The highest BCUT2D eigenvalue weighted by atomic mass is 32.2. The van der Waals surface area contributed by atoms with Crippen LogP contribution < -0.4 is 15.4 Å². The van der Waals surface area contributed by atoms with Crippen LogP contribution in [0.3, 0.4) is 0 Å². The molecule has 30 heavy (non-hydrogen) atoms. The number of nitrogens with one attached hydrogen (secondary N) is 3. The predicted molar refractivity (Wildman–Crippen MR) is 118 cm³/mol. The van der Waals surface area contributed by atoms with Crippen molar-refractivity contribution in [2.75, 3.05) is 5.32 Å². The van der Waals surface area contributed by atoms with E-state index in [0.717, 1.165) is 12.0 Å². The minimum Gasteiger partial charge on any atom is -0.349 e. The molecule has 0 aliphatic carbocycles. The van der Waals surface area contributed by atoms with Gasteiger partial charge in [-0.15, -0.1) is 0 Å². The maximum atomic E-state index is 12.5. The maximum absolute atomic E-state index is 12.5. The lowest BCUT2D eigenvalue weighted by Gasteiger charge is -2.20. The van der Waals surface area contributed by atoms with Gasteiger partial charge in [0.25, 0.3) is 5.91 Å². The van der Waals surface area contributed by atoms with Crippen LogP contribution in [-0.4, -0.2) is 26.3 Å². The molecule has 8 heteroatoms. The fourth-order valence-electron chi connectivity index (χ4n) is 2.95. The second kappa shape index (κ2) is 10.4. The minimum atomic E-state index is -3.70. The first-order valence-electron chi connectivity index (χ1n) is 9.89. The molecular formula is C22H29N3O4S. The topological polar surface area (TPSA) is 104 Å². The van der Waals surface area contributed by atoms with Crippen molar-refractivity contribution in [1.29, 1.82) is 0 Å². The first-order chi connectivity index (χ1) is 14.1. The third-order valence-electron chi connectivity index (χ3n) is 4.73. The molecule has 0 heterocycles. The van der Waals surface area contributed by atoms with Gasteiger partial charge in [0.15, 0.2) is 0 Å². The Morgan fingerprint density at radius 2 is 1.57 bits per heavy atom. The summed E-state index contributed by atoms with van der Waals surface area (Å²) in [6, 6.07) is 12.9. The van der Waals surface area contributed by atoms with Crippen molar-refractivity contribution in [3.8, 4) is 0 Å². The normalized spacial score (nSPS) is 12.4. The van der Waals surface area contributed by atoms with Gasteiger partial charge in [-0.2, -0.15) is 0 Å². The first-order valence-corrected chi connectivity index (χ1v) is 11.4. The van der Waals surface area contributed by atoms with Crippen molar-refractivity contribution in [3.63, 3.8) is 0 Å². The molecule has 7 nitrogen and oxygen atoms in total. The molecule has 0 fully saturated rings. The van der Waals surface area contributed by atoms with Crippen molar-refractivity contribution < 1.29 is 18.0 Å². The monoisotopic (exact) mass is 431 g/mol. The zero-order valence-corrected chi connectivity index (χ0v) is 18.5. The van der Waals surface area contributed by atoms with Crippen LogP contribution in [0.15, 0.2) is 53.4 Å². The van der Waals surface area contributed by atoms with E-state index < -0.39 is 10.0 Å². The number of hydrogen-bond acceptors (Lipinski definition) is 4. The van der Waals surface area contributed by atoms with E-state index in [4.69, 9.17) is 0 Å². The predicted octanol–water partition coefficient (Wildman–Crippen LogP) is 3.29. The number of anilines is 1. The summed E-state index contributed by atoms with van der Waals surface area (Å²) >= 11 is 0. The van der Waals surface area contributed by atoms with E-state index in [1.54, 1.807) is 24.3 Å². The van der Waals surface area contributed by atoms with Gasteiger partial charge in [0.05, 0.1) is 4.90 Å². The molecule has 2 amide bonds. The first kappa shape index (κ1) is 23.6. The van der Waals surface area contributed by atoms with Crippen molar-refractivity contribution in [2.24, 2.45) is 5.92 Å². The molecule has 0 saturated heterocycles. The summed E-state index contributed by atoms with van der Waals surface area (Å²) < 4.78 is 27.5. The lowest BCUT2D eigenvalue weighted by molar-refractivity contribution is -0.114. The molecular weight excluding hydrogens is 402 g/mol. The molecule has 2 aromatic carbocycles. The van der Waals surface area contributed by atoms with E-state index in [9.17, 15) is 18.0 Å². The molecule has 2 rings (SSSR count). The molecule has 2 aromatic rings. The quantitative estimate of drug-likeness (QED) is 0.567. The van der Waals surface area contributed by atoms with E-state index in [1.165, 1.54) is 31.2 Å². The second-order valence-electron chi connectivity index (χ2n) is 7.46. The van der Waals surface area contributed by atoms with Crippen LogP contribution in [-0.2, 0) is 21.4 Å². The summed E-state index contributed by atoms with van der Waals surface area (Å²) in [5, 5.41) is 5.61. The van der Waals surface area contributed by atoms with Crippen molar-refractivity contribution in [1.82, 2.24) is 10.0 Å². The standard InChI is InChI=1S/C22H29N3O4S/c1-5-21(15(2)3)25-22(27)18-8-6-17(7-9-18)14-23-30(28,29)20-12-10-19(11-13-20)24-16(4)26/h6-13,15,21,23H,5,14H2,1-4H3,(H,24,26)(H,25,27).